The van der Waals surface area contributed by atoms with Crippen LogP contribution in [0.25, 0.3) is 0 Å². The Kier molecular flexibility index (Phi) is 3.13. The molecule has 0 radical (unpaired) electrons. The van der Waals surface area contributed by atoms with Gasteiger partial charge in [0.15, 0.2) is 0 Å². The third-order valence-corrected chi connectivity index (χ3v) is 3.90. The molecule has 0 bridgehead atoms. The molecule has 2 nitrogen and oxygen atoms in total. The summed E-state index contributed by atoms with van der Waals surface area (Å²) in [7, 11) is 0. The fourth-order valence-electron chi connectivity index (χ4n) is 3.05. The first-order valence-corrected chi connectivity index (χ1v) is 6.11. The van der Waals surface area contributed by atoms with Gasteiger partial charge >= 0.3 is 0 Å². The van der Waals surface area contributed by atoms with Crippen molar-refractivity contribution in [3.8, 4) is 0 Å². The molecule has 1 aliphatic carbocycles. The molecular weight excluding hydrogens is 174 g/mol. The number of rotatable bonds is 3. The van der Waals surface area contributed by atoms with Gasteiger partial charge in [-0.25, -0.2) is 0 Å². The monoisotopic (exact) mass is 197 g/mol. The Morgan fingerprint density at radius 3 is 2.43 bits per heavy atom. The Bertz CT molecular complexity index is 177. The molecule has 2 fully saturated rings. The molecule has 0 amide bonds. The van der Waals surface area contributed by atoms with E-state index in [4.69, 9.17) is 0 Å². The summed E-state index contributed by atoms with van der Waals surface area (Å²) in [4.78, 5) is 2.51. The van der Waals surface area contributed by atoms with E-state index in [0.717, 1.165) is 13.0 Å². The highest BCUT2D eigenvalue weighted by molar-refractivity contribution is 4.96. The summed E-state index contributed by atoms with van der Waals surface area (Å²) in [5.74, 6) is 0. The van der Waals surface area contributed by atoms with E-state index in [1.165, 1.54) is 45.2 Å². The lowest BCUT2D eigenvalue weighted by atomic mass is 9.68. The van der Waals surface area contributed by atoms with Crippen molar-refractivity contribution in [2.24, 2.45) is 5.41 Å². The van der Waals surface area contributed by atoms with Gasteiger partial charge in [-0.3, -0.25) is 0 Å². The molecule has 2 aliphatic rings. The van der Waals surface area contributed by atoms with Crippen LogP contribution in [-0.2, 0) is 0 Å². The molecule has 14 heavy (non-hydrogen) atoms. The van der Waals surface area contributed by atoms with E-state index in [1.807, 2.05) is 6.92 Å². The summed E-state index contributed by atoms with van der Waals surface area (Å²) in [5, 5.41) is 9.20. The van der Waals surface area contributed by atoms with Crippen molar-refractivity contribution < 1.29 is 5.11 Å². The molecule has 0 aromatic heterocycles. The zero-order valence-electron chi connectivity index (χ0n) is 9.34. The van der Waals surface area contributed by atoms with Crippen molar-refractivity contribution in [1.29, 1.82) is 0 Å². The van der Waals surface area contributed by atoms with Crippen LogP contribution in [0.15, 0.2) is 0 Å². The molecule has 1 saturated carbocycles. The smallest absolute Gasteiger partial charge is 0.0524 e. The first-order chi connectivity index (χ1) is 6.70. The van der Waals surface area contributed by atoms with Crippen molar-refractivity contribution in [3.63, 3.8) is 0 Å². The minimum absolute atomic E-state index is 0.127. The van der Waals surface area contributed by atoms with Crippen LogP contribution < -0.4 is 0 Å². The molecule has 1 aliphatic heterocycles. The number of likely N-dealkylation sites (tertiary alicyclic amines) is 1. The van der Waals surface area contributed by atoms with E-state index in [1.54, 1.807) is 0 Å². The van der Waals surface area contributed by atoms with Gasteiger partial charge in [0, 0.05) is 19.6 Å². The summed E-state index contributed by atoms with van der Waals surface area (Å²) in [6, 6.07) is 0. The van der Waals surface area contributed by atoms with Crippen LogP contribution in [0.4, 0.5) is 0 Å². The maximum atomic E-state index is 9.20. The zero-order chi connectivity index (χ0) is 10.0. The summed E-state index contributed by atoms with van der Waals surface area (Å²) in [6.07, 6.45) is 8.08. The van der Waals surface area contributed by atoms with Gasteiger partial charge in [-0.05, 0) is 31.6 Å². The predicted octanol–water partition coefficient (Wildman–Crippen LogP) is 2.02. The SMILES string of the molecule is CC(O)CCN1CC2(CCCCC2)C1. The van der Waals surface area contributed by atoms with Crippen molar-refractivity contribution >= 4 is 0 Å². The lowest BCUT2D eigenvalue weighted by Crippen LogP contribution is -2.57. The van der Waals surface area contributed by atoms with Crippen molar-refractivity contribution in [3.05, 3.63) is 0 Å². The van der Waals surface area contributed by atoms with Gasteiger partial charge in [0.25, 0.3) is 0 Å². The van der Waals surface area contributed by atoms with E-state index in [2.05, 4.69) is 4.90 Å². The minimum atomic E-state index is -0.127. The van der Waals surface area contributed by atoms with Crippen LogP contribution in [-0.4, -0.2) is 35.7 Å². The Morgan fingerprint density at radius 2 is 1.86 bits per heavy atom. The van der Waals surface area contributed by atoms with E-state index < -0.39 is 0 Å². The van der Waals surface area contributed by atoms with Crippen molar-refractivity contribution in [2.45, 2.75) is 51.6 Å². The maximum absolute atomic E-state index is 9.20. The van der Waals surface area contributed by atoms with Gasteiger partial charge < -0.3 is 10.0 Å². The summed E-state index contributed by atoms with van der Waals surface area (Å²) >= 11 is 0. The second kappa shape index (κ2) is 4.19. The van der Waals surface area contributed by atoms with Crippen LogP contribution in [0.3, 0.4) is 0 Å². The predicted molar refractivity (Wildman–Crippen MR) is 58.3 cm³/mol. The average Bonchev–Trinajstić information content (AvgIpc) is 2.12. The fourth-order valence-corrected chi connectivity index (χ4v) is 3.05. The molecule has 1 spiro atoms. The molecule has 0 aromatic carbocycles. The molecule has 2 rings (SSSR count). The van der Waals surface area contributed by atoms with Crippen molar-refractivity contribution in [1.82, 2.24) is 4.90 Å². The summed E-state index contributed by atoms with van der Waals surface area (Å²) < 4.78 is 0. The third-order valence-electron chi connectivity index (χ3n) is 3.90. The molecule has 0 aromatic rings. The van der Waals surface area contributed by atoms with E-state index >= 15 is 0 Å². The topological polar surface area (TPSA) is 23.5 Å². The van der Waals surface area contributed by atoms with Crippen LogP contribution in [0.1, 0.15) is 45.4 Å². The Hall–Kier alpha value is -0.0800. The lowest BCUT2D eigenvalue weighted by Gasteiger charge is -2.52. The summed E-state index contributed by atoms with van der Waals surface area (Å²) in [6.45, 7) is 5.59. The highest BCUT2D eigenvalue weighted by Gasteiger charge is 2.42. The Balaban J connectivity index is 1.67. The Labute approximate surface area is 87.3 Å². The van der Waals surface area contributed by atoms with Crippen LogP contribution in [0, 0.1) is 5.41 Å². The Morgan fingerprint density at radius 1 is 1.21 bits per heavy atom. The molecule has 1 heterocycles. The first kappa shape index (κ1) is 10.4. The number of hydrogen-bond acceptors (Lipinski definition) is 2. The largest absolute Gasteiger partial charge is 0.393 e. The average molecular weight is 197 g/mol. The fraction of sp³-hybridized carbons (Fsp3) is 1.00. The van der Waals surface area contributed by atoms with Crippen LogP contribution in [0.2, 0.25) is 0 Å². The lowest BCUT2D eigenvalue weighted by molar-refractivity contribution is -0.0333. The van der Waals surface area contributed by atoms with Gasteiger partial charge in [0.1, 0.15) is 0 Å². The number of nitrogens with zero attached hydrogens (tertiary/aromatic N) is 1. The molecule has 82 valence electrons. The number of aliphatic hydroxyl groups is 1. The molecule has 1 atom stereocenters. The van der Waals surface area contributed by atoms with Gasteiger partial charge in [0.05, 0.1) is 6.10 Å². The van der Waals surface area contributed by atoms with E-state index in [9.17, 15) is 5.11 Å². The van der Waals surface area contributed by atoms with Crippen molar-refractivity contribution in [2.75, 3.05) is 19.6 Å². The van der Waals surface area contributed by atoms with Crippen LogP contribution >= 0.6 is 0 Å². The second-order valence-corrected chi connectivity index (χ2v) is 5.41. The molecule has 2 heteroatoms. The van der Waals surface area contributed by atoms with Gasteiger partial charge in [-0.1, -0.05) is 19.3 Å². The maximum Gasteiger partial charge on any atom is 0.0524 e. The molecule has 1 N–H and O–H groups in total. The minimum Gasteiger partial charge on any atom is -0.393 e. The first-order valence-electron chi connectivity index (χ1n) is 6.11. The van der Waals surface area contributed by atoms with Gasteiger partial charge in [0.2, 0.25) is 0 Å². The standard InChI is InChI=1S/C12H23NO/c1-11(14)5-8-13-9-12(10-13)6-3-2-4-7-12/h11,14H,2-10H2,1H3. The third kappa shape index (κ3) is 2.29. The number of hydrogen-bond donors (Lipinski definition) is 1. The molecule has 1 saturated heterocycles. The number of aliphatic hydroxyl groups excluding tert-OH is 1. The van der Waals surface area contributed by atoms with E-state index in [-0.39, 0.29) is 6.10 Å². The zero-order valence-corrected chi connectivity index (χ0v) is 9.34. The molecule has 1 unspecified atom stereocenters. The van der Waals surface area contributed by atoms with Crippen LogP contribution in [0.5, 0.6) is 0 Å². The normalized spacial score (nSPS) is 28.7. The summed E-state index contributed by atoms with van der Waals surface area (Å²) in [5.41, 5.74) is 0.705. The van der Waals surface area contributed by atoms with Gasteiger partial charge in [-0.2, -0.15) is 0 Å². The second-order valence-electron chi connectivity index (χ2n) is 5.41. The quantitative estimate of drug-likeness (QED) is 0.748. The van der Waals surface area contributed by atoms with Gasteiger partial charge in [-0.15, -0.1) is 0 Å². The highest BCUT2D eigenvalue weighted by Crippen LogP contribution is 2.43. The highest BCUT2D eigenvalue weighted by atomic mass is 16.3. The van der Waals surface area contributed by atoms with E-state index in [0.29, 0.717) is 5.41 Å². The molecular formula is C12H23NO.